The Bertz CT molecular complexity index is 361. The maximum absolute atomic E-state index is 10.2. The number of carboxylic acids is 1. The van der Waals surface area contributed by atoms with Crippen LogP contribution >= 0.6 is 12.6 Å². The van der Waals surface area contributed by atoms with Crippen molar-refractivity contribution >= 4 is 30.4 Å². The van der Waals surface area contributed by atoms with E-state index >= 15 is 0 Å². The maximum Gasteiger partial charge on any atom is 0.328 e. The molecule has 0 amide bonds. The fourth-order valence-electron chi connectivity index (χ4n) is 0.832. The van der Waals surface area contributed by atoms with Crippen LogP contribution in [0.3, 0.4) is 0 Å². The molecule has 68 valence electrons. The molecule has 0 spiro atoms. The van der Waals surface area contributed by atoms with Gasteiger partial charge in [0, 0.05) is 16.7 Å². The summed E-state index contributed by atoms with van der Waals surface area (Å²) in [5, 5.41) is 8.37. The average molecular weight is 195 g/mol. The summed E-state index contributed by atoms with van der Waals surface area (Å²) in [6, 6.07) is 5.12. The molecule has 0 aliphatic carbocycles. The molecule has 0 aliphatic heterocycles. The molecule has 3 N–H and O–H groups in total. The van der Waals surface area contributed by atoms with Gasteiger partial charge in [-0.1, -0.05) is 6.07 Å². The van der Waals surface area contributed by atoms with E-state index in [2.05, 4.69) is 12.6 Å². The van der Waals surface area contributed by atoms with Crippen LogP contribution in [-0.2, 0) is 4.79 Å². The van der Waals surface area contributed by atoms with Gasteiger partial charge in [-0.2, -0.15) is 0 Å². The Morgan fingerprint density at radius 3 is 2.77 bits per heavy atom. The van der Waals surface area contributed by atoms with Gasteiger partial charge in [0.2, 0.25) is 0 Å². The standard InChI is InChI=1S/C9H9NO2S/c10-7-3-1-6(5-8(7)13)2-4-9(11)12/h1-5,13H,10H2,(H,11,12)/b4-2+. The van der Waals surface area contributed by atoms with Crippen LogP contribution in [0.4, 0.5) is 5.69 Å². The maximum atomic E-state index is 10.2. The molecule has 13 heavy (non-hydrogen) atoms. The van der Waals surface area contributed by atoms with Crippen molar-refractivity contribution in [2.24, 2.45) is 0 Å². The predicted octanol–water partition coefficient (Wildman–Crippen LogP) is 1.66. The Labute approximate surface area is 81.3 Å². The number of nitrogens with two attached hydrogens (primary N) is 1. The highest BCUT2D eigenvalue weighted by Crippen LogP contribution is 2.18. The average Bonchev–Trinajstić information content (AvgIpc) is 2.07. The molecule has 0 bridgehead atoms. The van der Waals surface area contributed by atoms with Gasteiger partial charge in [-0.25, -0.2) is 4.79 Å². The summed E-state index contributed by atoms with van der Waals surface area (Å²) in [6.07, 6.45) is 2.56. The Morgan fingerprint density at radius 1 is 1.54 bits per heavy atom. The van der Waals surface area contributed by atoms with Crippen LogP contribution in [0.2, 0.25) is 0 Å². The van der Waals surface area contributed by atoms with Crippen molar-refractivity contribution < 1.29 is 9.90 Å². The molecular formula is C9H9NO2S. The summed E-state index contributed by atoms with van der Waals surface area (Å²) in [5.41, 5.74) is 6.87. The highest BCUT2D eigenvalue weighted by molar-refractivity contribution is 7.80. The van der Waals surface area contributed by atoms with Gasteiger partial charge in [0.25, 0.3) is 0 Å². The number of rotatable bonds is 2. The fourth-order valence-corrected chi connectivity index (χ4v) is 1.06. The highest BCUT2D eigenvalue weighted by atomic mass is 32.1. The van der Waals surface area contributed by atoms with E-state index in [0.717, 1.165) is 11.6 Å². The molecule has 0 heterocycles. The summed E-state index contributed by atoms with van der Waals surface area (Å²) in [4.78, 5) is 10.8. The molecule has 4 heteroatoms. The minimum atomic E-state index is -0.975. The van der Waals surface area contributed by atoms with Crippen LogP contribution in [0.25, 0.3) is 6.08 Å². The van der Waals surface area contributed by atoms with E-state index in [1.54, 1.807) is 18.2 Å². The minimum Gasteiger partial charge on any atom is -0.478 e. The van der Waals surface area contributed by atoms with E-state index in [0.29, 0.717) is 10.6 Å². The van der Waals surface area contributed by atoms with Gasteiger partial charge in [-0.3, -0.25) is 0 Å². The van der Waals surface area contributed by atoms with Gasteiger partial charge in [-0.05, 0) is 23.8 Å². The smallest absolute Gasteiger partial charge is 0.328 e. The van der Waals surface area contributed by atoms with E-state index in [1.807, 2.05) is 0 Å². The second kappa shape index (κ2) is 4.00. The highest BCUT2D eigenvalue weighted by Gasteiger charge is 1.94. The van der Waals surface area contributed by atoms with Crippen LogP contribution < -0.4 is 5.73 Å². The zero-order chi connectivity index (χ0) is 9.84. The quantitative estimate of drug-likeness (QED) is 0.382. The normalized spacial score (nSPS) is 10.5. The first-order chi connectivity index (χ1) is 6.09. The van der Waals surface area contributed by atoms with E-state index in [1.165, 1.54) is 6.08 Å². The molecular weight excluding hydrogens is 186 g/mol. The van der Waals surface area contributed by atoms with Gasteiger partial charge in [0.05, 0.1) is 0 Å². The molecule has 0 aromatic heterocycles. The van der Waals surface area contributed by atoms with Crippen LogP contribution in [0.15, 0.2) is 29.2 Å². The Balaban J connectivity index is 2.92. The summed E-state index contributed by atoms with van der Waals surface area (Å²) >= 11 is 4.11. The Hall–Kier alpha value is -1.42. The molecule has 3 nitrogen and oxygen atoms in total. The number of benzene rings is 1. The number of hydrogen-bond acceptors (Lipinski definition) is 3. The lowest BCUT2D eigenvalue weighted by Crippen LogP contribution is -1.88. The number of anilines is 1. The second-order valence-electron chi connectivity index (χ2n) is 2.49. The molecule has 0 unspecified atom stereocenters. The first-order valence-electron chi connectivity index (χ1n) is 3.59. The third-order valence-electron chi connectivity index (χ3n) is 1.47. The first-order valence-corrected chi connectivity index (χ1v) is 4.04. The molecule has 0 aliphatic rings. The van der Waals surface area contributed by atoms with E-state index < -0.39 is 5.97 Å². The summed E-state index contributed by atoms with van der Waals surface area (Å²) < 4.78 is 0. The number of hydrogen-bond donors (Lipinski definition) is 3. The summed E-state index contributed by atoms with van der Waals surface area (Å²) in [7, 11) is 0. The molecule has 1 rings (SSSR count). The van der Waals surface area contributed by atoms with Crippen molar-refractivity contribution in [2.75, 3.05) is 5.73 Å². The van der Waals surface area contributed by atoms with Crippen molar-refractivity contribution in [3.05, 3.63) is 29.8 Å². The summed E-state index contributed by atoms with van der Waals surface area (Å²) in [5.74, 6) is -0.975. The minimum absolute atomic E-state index is 0.579. The fraction of sp³-hybridized carbons (Fsp3) is 0. The lowest BCUT2D eigenvalue weighted by atomic mass is 10.2. The topological polar surface area (TPSA) is 63.3 Å². The van der Waals surface area contributed by atoms with Crippen molar-refractivity contribution in [3.8, 4) is 0 Å². The number of thiol groups is 1. The zero-order valence-corrected chi connectivity index (χ0v) is 7.66. The van der Waals surface area contributed by atoms with Crippen LogP contribution in [0.1, 0.15) is 5.56 Å². The van der Waals surface area contributed by atoms with Crippen molar-refractivity contribution in [1.82, 2.24) is 0 Å². The second-order valence-corrected chi connectivity index (χ2v) is 2.97. The van der Waals surface area contributed by atoms with Crippen molar-refractivity contribution in [1.29, 1.82) is 0 Å². The predicted molar refractivity (Wildman–Crippen MR) is 54.8 cm³/mol. The van der Waals surface area contributed by atoms with E-state index in [9.17, 15) is 4.79 Å². The molecule has 1 aromatic rings. The largest absolute Gasteiger partial charge is 0.478 e. The summed E-state index contributed by atoms with van der Waals surface area (Å²) in [6.45, 7) is 0. The number of carboxylic acid groups (broad SMARTS) is 1. The first kappa shape index (κ1) is 9.67. The van der Waals surface area contributed by atoms with Gasteiger partial charge in [-0.15, -0.1) is 12.6 Å². The zero-order valence-electron chi connectivity index (χ0n) is 6.77. The Kier molecular flexibility index (Phi) is 2.97. The molecule has 1 aromatic carbocycles. The number of nitrogen functional groups attached to an aromatic ring is 1. The van der Waals surface area contributed by atoms with Crippen molar-refractivity contribution in [2.45, 2.75) is 4.90 Å². The molecule has 0 saturated carbocycles. The lowest BCUT2D eigenvalue weighted by Gasteiger charge is -1.99. The van der Waals surface area contributed by atoms with Gasteiger partial charge in [0.1, 0.15) is 0 Å². The van der Waals surface area contributed by atoms with Crippen LogP contribution in [0, 0.1) is 0 Å². The number of aliphatic carboxylic acids is 1. The SMILES string of the molecule is Nc1ccc(/C=C/C(=O)O)cc1S. The molecule has 0 radical (unpaired) electrons. The van der Waals surface area contributed by atoms with Gasteiger partial charge < -0.3 is 10.8 Å². The molecule has 0 atom stereocenters. The molecule has 0 saturated heterocycles. The van der Waals surface area contributed by atoms with E-state index in [-0.39, 0.29) is 0 Å². The third kappa shape index (κ3) is 2.83. The van der Waals surface area contributed by atoms with Gasteiger partial charge in [0.15, 0.2) is 0 Å². The third-order valence-corrected chi connectivity index (χ3v) is 1.86. The van der Waals surface area contributed by atoms with Crippen molar-refractivity contribution in [3.63, 3.8) is 0 Å². The van der Waals surface area contributed by atoms with Gasteiger partial charge >= 0.3 is 5.97 Å². The van der Waals surface area contributed by atoms with Crippen LogP contribution in [-0.4, -0.2) is 11.1 Å². The Morgan fingerprint density at radius 2 is 2.23 bits per heavy atom. The van der Waals surface area contributed by atoms with E-state index in [4.69, 9.17) is 10.8 Å². The van der Waals surface area contributed by atoms with Crippen LogP contribution in [0.5, 0.6) is 0 Å². The monoisotopic (exact) mass is 195 g/mol. The lowest BCUT2D eigenvalue weighted by molar-refractivity contribution is -0.131. The number of carbonyl (C=O) groups is 1. The molecule has 0 fully saturated rings.